The molecular weight excluding hydrogens is 226 g/mol. The Bertz CT molecular complexity index is 662. The molecule has 0 atom stereocenters. The number of hydrogen-bond donors (Lipinski definition) is 2. The van der Waals surface area contributed by atoms with E-state index >= 15 is 0 Å². The van der Waals surface area contributed by atoms with Crippen LogP contribution in [0, 0.1) is 6.92 Å². The second-order valence-electron chi connectivity index (χ2n) is 3.61. The van der Waals surface area contributed by atoms with Gasteiger partial charge in [0.25, 0.3) is 10.1 Å². The third-order valence-corrected chi connectivity index (χ3v) is 3.52. The Morgan fingerprint density at radius 2 is 1.81 bits per heavy atom. The van der Waals surface area contributed by atoms with Crippen molar-refractivity contribution in [2.45, 2.75) is 11.8 Å². The van der Waals surface area contributed by atoms with Crippen molar-refractivity contribution in [2.75, 3.05) is 5.73 Å². The molecule has 0 radical (unpaired) electrons. The standard InChI is InChI=1S/C11H11NO3S/c1-7-8-3-2-4-11(16(13,14)15)9(8)5-6-10(7)12/h2-6H,12H2,1H3,(H,13,14,15). The van der Waals surface area contributed by atoms with Crippen molar-refractivity contribution in [1.82, 2.24) is 0 Å². The molecule has 4 nitrogen and oxygen atoms in total. The Labute approximate surface area is 93.4 Å². The van der Waals surface area contributed by atoms with Crippen LogP contribution in [-0.2, 0) is 10.1 Å². The largest absolute Gasteiger partial charge is 0.398 e. The molecule has 0 spiro atoms. The first kappa shape index (κ1) is 10.9. The number of anilines is 1. The monoisotopic (exact) mass is 237 g/mol. The van der Waals surface area contributed by atoms with E-state index in [1.54, 1.807) is 24.3 Å². The van der Waals surface area contributed by atoms with Crippen LogP contribution in [0.4, 0.5) is 5.69 Å². The van der Waals surface area contributed by atoms with Crippen molar-refractivity contribution in [3.05, 3.63) is 35.9 Å². The van der Waals surface area contributed by atoms with Crippen LogP contribution in [0.25, 0.3) is 10.8 Å². The van der Waals surface area contributed by atoms with Crippen molar-refractivity contribution >= 4 is 26.6 Å². The second-order valence-corrected chi connectivity index (χ2v) is 5.00. The fourth-order valence-electron chi connectivity index (χ4n) is 1.72. The maximum atomic E-state index is 11.2. The van der Waals surface area contributed by atoms with E-state index in [4.69, 9.17) is 10.3 Å². The van der Waals surface area contributed by atoms with Gasteiger partial charge < -0.3 is 5.73 Å². The van der Waals surface area contributed by atoms with Gasteiger partial charge in [0.15, 0.2) is 0 Å². The summed E-state index contributed by atoms with van der Waals surface area (Å²) in [6.07, 6.45) is 0. The number of nitrogen functional groups attached to an aromatic ring is 1. The number of benzene rings is 2. The molecule has 84 valence electrons. The first-order chi connectivity index (χ1) is 7.41. The molecule has 0 aliphatic carbocycles. The van der Waals surface area contributed by atoms with Crippen LogP contribution in [0.1, 0.15) is 5.56 Å². The molecule has 0 heterocycles. The predicted octanol–water partition coefficient (Wildman–Crippen LogP) is 1.98. The van der Waals surface area contributed by atoms with Crippen LogP contribution in [0.3, 0.4) is 0 Å². The quantitative estimate of drug-likeness (QED) is 0.587. The highest BCUT2D eigenvalue weighted by Crippen LogP contribution is 2.28. The third-order valence-electron chi connectivity index (χ3n) is 2.61. The molecule has 2 rings (SSSR count). The van der Waals surface area contributed by atoms with Gasteiger partial charge >= 0.3 is 0 Å². The summed E-state index contributed by atoms with van der Waals surface area (Å²) in [6, 6.07) is 7.95. The Morgan fingerprint density at radius 3 is 2.44 bits per heavy atom. The fourth-order valence-corrected chi connectivity index (χ4v) is 2.43. The molecule has 0 saturated carbocycles. The predicted molar refractivity (Wildman–Crippen MR) is 62.9 cm³/mol. The molecule has 2 aromatic rings. The van der Waals surface area contributed by atoms with E-state index in [1.165, 1.54) is 6.07 Å². The van der Waals surface area contributed by atoms with E-state index in [0.717, 1.165) is 10.9 Å². The minimum atomic E-state index is -4.20. The SMILES string of the molecule is Cc1c(N)ccc2c(S(=O)(=O)O)cccc12. The molecule has 0 bridgehead atoms. The molecule has 0 amide bonds. The van der Waals surface area contributed by atoms with E-state index in [2.05, 4.69) is 0 Å². The summed E-state index contributed by atoms with van der Waals surface area (Å²) in [6.45, 7) is 1.81. The van der Waals surface area contributed by atoms with E-state index < -0.39 is 10.1 Å². The Kier molecular flexibility index (Phi) is 2.36. The maximum Gasteiger partial charge on any atom is 0.295 e. The molecule has 3 N–H and O–H groups in total. The summed E-state index contributed by atoms with van der Waals surface area (Å²) in [5.74, 6) is 0. The lowest BCUT2D eigenvalue weighted by molar-refractivity contribution is 0.484. The lowest BCUT2D eigenvalue weighted by Crippen LogP contribution is -2.00. The zero-order chi connectivity index (χ0) is 11.9. The van der Waals surface area contributed by atoms with Crippen molar-refractivity contribution in [1.29, 1.82) is 0 Å². The van der Waals surface area contributed by atoms with Gasteiger partial charge in [-0.15, -0.1) is 0 Å². The van der Waals surface area contributed by atoms with Crippen LogP contribution in [0.15, 0.2) is 35.2 Å². The zero-order valence-electron chi connectivity index (χ0n) is 8.64. The van der Waals surface area contributed by atoms with Gasteiger partial charge in [-0.1, -0.05) is 18.2 Å². The Hall–Kier alpha value is -1.59. The summed E-state index contributed by atoms with van der Waals surface area (Å²) in [4.78, 5) is -0.0897. The molecule has 16 heavy (non-hydrogen) atoms. The van der Waals surface area contributed by atoms with E-state index in [0.29, 0.717) is 11.1 Å². The summed E-state index contributed by atoms with van der Waals surface area (Å²) in [7, 11) is -4.20. The summed E-state index contributed by atoms with van der Waals surface area (Å²) in [5, 5.41) is 1.21. The fraction of sp³-hybridized carbons (Fsp3) is 0.0909. The van der Waals surface area contributed by atoms with E-state index in [9.17, 15) is 8.42 Å². The molecule has 5 heteroatoms. The molecule has 0 aliphatic heterocycles. The van der Waals surface area contributed by atoms with Crippen LogP contribution < -0.4 is 5.73 Å². The van der Waals surface area contributed by atoms with Crippen LogP contribution >= 0.6 is 0 Å². The van der Waals surface area contributed by atoms with Gasteiger partial charge in [-0.05, 0) is 30.0 Å². The molecular formula is C11H11NO3S. The minimum absolute atomic E-state index is 0.0897. The summed E-state index contributed by atoms with van der Waals surface area (Å²) >= 11 is 0. The van der Waals surface area contributed by atoms with Crippen LogP contribution in [0.5, 0.6) is 0 Å². The molecule has 0 saturated heterocycles. The smallest absolute Gasteiger partial charge is 0.295 e. The van der Waals surface area contributed by atoms with Gasteiger partial charge in [0.05, 0.1) is 0 Å². The lowest BCUT2D eigenvalue weighted by Gasteiger charge is -2.08. The highest BCUT2D eigenvalue weighted by Gasteiger charge is 2.14. The maximum absolute atomic E-state index is 11.2. The van der Waals surface area contributed by atoms with Gasteiger partial charge in [0.1, 0.15) is 4.90 Å². The Morgan fingerprint density at radius 1 is 1.12 bits per heavy atom. The number of nitrogens with two attached hydrogens (primary N) is 1. The molecule has 0 fully saturated rings. The highest BCUT2D eigenvalue weighted by atomic mass is 32.2. The number of aryl methyl sites for hydroxylation is 1. The van der Waals surface area contributed by atoms with Crippen molar-refractivity contribution in [3.8, 4) is 0 Å². The number of hydrogen-bond acceptors (Lipinski definition) is 3. The van der Waals surface area contributed by atoms with Gasteiger partial charge in [0.2, 0.25) is 0 Å². The third kappa shape index (κ3) is 1.64. The average Bonchev–Trinajstić information content (AvgIpc) is 2.21. The molecule has 0 aliphatic rings. The molecule has 0 unspecified atom stereocenters. The van der Waals surface area contributed by atoms with Crippen molar-refractivity contribution in [3.63, 3.8) is 0 Å². The van der Waals surface area contributed by atoms with Gasteiger partial charge in [-0.25, -0.2) is 0 Å². The van der Waals surface area contributed by atoms with Gasteiger partial charge in [-0.3, -0.25) is 4.55 Å². The first-order valence-electron chi connectivity index (χ1n) is 4.66. The van der Waals surface area contributed by atoms with Crippen molar-refractivity contribution in [2.24, 2.45) is 0 Å². The summed E-state index contributed by atoms with van der Waals surface area (Å²) < 4.78 is 31.4. The van der Waals surface area contributed by atoms with E-state index in [1.807, 2.05) is 6.92 Å². The van der Waals surface area contributed by atoms with Gasteiger partial charge in [-0.2, -0.15) is 8.42 Å². The highest BCUT2D eigenvalue weighted by molar-refractivity contribution is 7.86. The average molecular weight is 237 g/mol. The zero-order valence-corrected chi connectivity index (χ0v) is 9.45. The normalized spacial score (nSPS) is 11.9. The molecule has 0 aromatic heterocycles. The topological polar surface area (TPSA) is 80.4 Å². The first-order valence-corrected chi connectivity index (χ1v) is 6.10. The van der Waals surface area contributed by atoms with Crippen molar-refractivity contribution < 1.29 is 13.0 Å². The lowest BCUT2D eigenvalue weighted by atomic mass is 10.0. The van der Waals surface area contributed by atoms with Crippen LogP contribution in [-0.4, -0.2) is 13.0 Å². The number of fused-ring (bicyclic) bond motifs is 1. The summed E-state index contributed by atoms with van der Waals surface area (Å²) in [5.41, 5.74) is 7.14. The van der Waals surface area contributed by atoms with E-state index in [-0.39, 0.29) is 4.90 Å². The Balaban J connectivity index is 2.96. The number of rotatable bonds is 1. The van der Waals surface area contributed by atoms with Crippen LogP contribution in [0.2, 0.25) is 0 Å². The minimum Gasteiger partial charge on any atom is -0.398 e. The second kappa shape index (κ2) is 3.47. The molecule has 2 aromatic carbocycles. The van der Waals surface area contributed by atoms with Gasteiger partial charge in [0, 0.05) is 11.1 Å².